The number of rotatable bonds is 0. The van der Waals surface area contributed by atoms with E-state index in [-0.39, 0.29) is 14.7 Å². The van der Waals surface area contributed by atoms with Gasteiger partial charge in [-0.05, 0) is 6.42 Å². The van der Waals surface area contributed by atoms with E-state index in [1.54, 1.807) is 0 Å². The predicted molar refractivity (Wildman–Crippen MR) is 57.5 cm³/mol. The SMILES string of the molecule is FC(F)(F)N1CCCN(C(F)(F)F)CCN(C(F)(F)F)CC1. The molecule has 1 saturated heterocycles. The van der Waals surface area contributed by atoms with Gasteiger partial charge in [-0.1, -0.05) is 0 Å². The molecule has 12 heteroatoms. The first-order valence-electron chi connectivity index (χ1n) is 6.27. The minimum atomic E-state index is -4.99. The molecule has 0 aliphatic carbocycles. The van der Waals surface area contributed by atoms with Gasteiger partial charge < -0.3 is 0 Å². The van der Waals surface area contributed by atoms with Crippen molar-refractivity contribution in [3.05, 3.63) is 0 Å². The van der Waals surface area contributed by atoms with Gasteiger partial charge in [-0.25, -0.2) is 14.7 Å². The molecule has 1 heterocycles. The highest BCUT2D eigenvalue weighted by atomic mass is 19.4. The van der Waals surface area contributed by atoms with Crippen LogP contribution in [0.5, 0.6) is 0 Å². The molecule has 0 bridgehead atoms. The third-order valence-corrected chi connectivity index (χ3v) is 3.21. The van der Waals surface area contributed by atoms with Gasteiger partial charge in [0, 0.05) is 39.3 Å². The minimum absolute atomic E-state index is 0.203. The lowest BCUT2D eigenvalue weighted by atomic mass is 10.3. The van der Waals surface area contributed by atoms with Gasteiger partial charge in [0.15, 0.2) is 0 Å². The van der Waals surface area contributed by atoms with Crippen molar-refractivity contribution in [2.75, 3.05) is 39.3 Å². The standard InChI is InChI=1S/C10H14F9N3/c11-8(12,13)20-2-1-3-21(9(14,15)16)5-7-22(6-4-20)10(17,18)19/h1-7H2. The van der Waals surface area contributed by atoms with Crippen LogP contribution in [0.2, 0.25) is 0 Å². The molecule has 0 spiro atoms. The summed E-state index contributed by atoms with van der Waals surface area (Å²) < 4.78 is 114. The summed E-state index contributed by atoms with van der Waals surface area (Å²) in [6.45, 7) is -5.57. The van der Waals surface area contributed by atoms with E-state index in [0.717, 1.165) is 0 Å². The summed E-state index contributed by atoms with van der Waals surface area (Å²) in [5.74, 6) is 0. The molecule has 1 aliphatic heterocycles. The largest absolute Gasteiger partial charge is 0.460 e. The Morgan fingerprint density at radius 2 is 0.636 bits per heavy atom. The maximum absolute atomic E-state index is 12.7. The highest BCUT2D eigenvalue weighted by Gasteiger charge is 2.44. The van der Waals surface area contributed by atoms with E-state index < -0.39 is 64.6 Å². The molecule has 3 nitrogen and oxygen atoms in total. The van der Waals surface area contributed by atoms with Crippen LogP contribution in [0.4, 0.5) is 39.5 Å². The fourth-order valence-corrected chi connectivity index (χ4v) is 2.03. The second-order valence-electron chi connectivity index (χ2n) is 4.72. The van der Waals surface area contributed by atoms with Crippen LogP contribution >= 0.6 is 0 Å². The summed E-state index contributed by atoms with van der Waals surface area (Å²) in [6, 6.07) is 0. The Bertz CT molecular complexity index is 323. The molecule has 1 aliphatic rings. The average Bonchev–Trinajstić information content (AvgIpc) is 2.30. The van der Waals surface area contributed by atoms with Gasteiger partial charge in [0.2, 0.25) is 0 Å². The molecule has 0 amide bonds. The molecular formula is C10H14F9N3. The van der Waals surface area contributed by atoms with Crippen molar-refractivity contribution < 1.29 is 39.5 Å². The summed E-state index contributed by atoms with van der Waals surface area (Å²) >= 11 is 0. The Morgan fingerprint density at radius 1 is 0.409 bits per heavy atom. The lowest BCUT2D eigenvalue weighted by molar-refractivity contribution is -0.280. The summed E-state index contributed by atoms with van der Waals surface area (Å²) in [4.78, 5) is -0.743. The second kappa shape index (κ2) is 6.79. The lowest BCUT2D eigenvalue weighted by Crippen LogP contribution is -2.52. The van der Waals surface area contributed by atoms with Gasteiger partial charge in [-0.2, -0.15) is 39.5 Å². The van der Waals surface area contributed by atoms with Gasteiger partial charge in [0.1, 0.15) is 0 Å². The minimum Gasteiger partial charge on any atom is -0.213 e. The normalized spacial score (nSPS) is 22.8. The maximum atomic E-state index is 12.7. The molecule has 0 aromatic carbocycles. The molecule has 22 heavy (non-hydrogen) atoms. The number of hydrogen-bond donors (Lipinski definition) is 0. The molecule has 0 atom stereocenters. The fourth-order valence-electron chi connectivity index (χ4n) is 2.03. The van der Waals surface area contributed by atoms with Crippen LogP contribution in [0.1, 0.15) is 6.42 Å². The van der Waals surface area contributed by atoms with E-state index in [4.69, 9.17) is 0 Å². The summed E-state index contributed by atoms with van der Waals surface area (Å²) in [7, 11) is 0. The smallest absolute Gasteiger partial charge is 0.213 e. The van der Waals surface area contributed by atoms with E-state index in [2.05, 4.69) is 0 Å². The summed E-state index contributed by atoms with van der Waals surface area (Å²) in [5, 5.41) is 0. The zero-order valence-electron chi connectivity index (χ0n) is 11.2. The zero-order valence-corrected chi connectivity index (χ0v) is 11.2. The molecule has 0 aromatic heterocycles. The van der Waals surface area contributed by atoms with Gasteiger partial charge in [-0.15, -0.1) is 0 Å². The van der Waals surface area contributed by atoms with Crippen molar-refractivity contribution in [2.45, 2.75) is 25.3 Å². The van der Waals surface area contributed by atoms with E-state index >= 15 is 0 Å². The monoisotopic (exact) mass is 347 g/mol. The Kier molecular flexibility index (Phi) is 5.95. The molecule has 0 N–H and O–H groups in total. The number of halogens is 9. The molecule has 0 unspecified atom stereocenters. The van der Waals surface area contributed by atoms with Crippen molar-refractivity contribution in [1.29, 1.82) is 0 Å². The van der Waals surface area contributed by atoms with Crippen molar-refractivity contribution in [2.24, 2.45) is 0 Å². The van der Waals surface area contributed by atoms with Crippen LogP contribution in [0.25, 0.3) is 0 Å². The third kappa shape index (κ3) is 5.80. The Hall–Kier alpha value is -0.750. The van der Waals surface area contributed by atoms with E-state index in [1.807, 2.05) is 0 Å². The Balaban J connectivity index is 2.90. The number of hydrogen-bond acceptors (Lipinski definition) is 3. The quantitative estimate of drug-likeness (QED) is 0.493. The van der Waals surface area contributed by atoms with Crippen molar-refractivity contribution in [3.63, 3.8) is 0 Å². The van der Waals surface area contributed by atoms with Crippen LogP contribution < -0.4 is 0 Å². The van der Waals surface area contributed by atoms with Gasteiger partial charge in [-0.3, -0.25) is 0 Å². The van der Waals surface area contributed by atoms with Crippen molar-refractivity contribution in [3.8, 4) is 0 Å². The van der Waals surface area contributed by atoms with Crippen LogP contribution in [0.3, 0.4) is 0 Å². The van der Waals surface area contributed by atoms with Crippen LogP contribution in [-0.4, -0.2) is 72.9 Å². The summed E-state index contributed by atoms with van der Waals surface area (Å²) in [6.07, 6.45) is -15.2. The van der Waals surface area contributed by atoms with E-state index in [1.165, 1.54) is 0 Å². The van der Waals surface area contributed by atoms with Gasteiger partial charge in [0.05, 0.1) is 0 Å². The fraction of sp³-hybridized carbons (Fsp3) is 1.00. The maximum Gasteiger partial charge on any atom is 0.460 e. The molecule has 0 saturated carbocycles. The lowest BCUT2D eigenvalue weighted by Gasteiger charge is -2.34. The summed E-state index contributed by atoms with van der Waals surface area (Å²) in [5.41, 5.74) is 0. The first-order chi connectivity index (χ1) is 9.82. The second-order valence-corrected chi connectivity index (χ2v) is 4.72. The van der Waals surface area contributed by atoms with Crippen LogP contribution in [-0.2, 0) is 0 Å². The Labute approximate surface area is 120 Å². The van der Waals surface area contributed by atoms with E-state index in [9.17, 15) is 39.5 Å². The van der Waals surface area contributed by atoms with Gasteiger partial charge in [0.25, 0.3) is 0 Å². The van der Waals surface area contributed by atoms with Crippen molar-refractivity contribution >= 4 is 0 Å². The molecular weight excluding hydrogens is 333 g/mol. The molecule has 1 fully saturated rings. The molecule has 1 rings (SSSR count). The third-order valence-electron chi connectivity index (χ3n) is 3.21. The number of alkyl halides is 9. The highest BCUT2D eigenvalue weighted by Crippen LogP contribution is 2.27. The van der Waals surface area contributed by atoms with Gasteiger partial charge >= 0.3 is 18.9 Å². The molecule has 0 aromatic rings. The topological polar surface area (TPSA) is 9.72 Å². The molecule has 132 valence electrons. The number of nitrogens with zero attached hydrogens (tertiary/aromatic N) is 3. The van der Waals surface area contributed by atoms with E-state index in [0.29, 0.717) is 0 Å². The zero-order chi connectivity index (χ0) is 17.2. The highest BCUT2D eigenvalue weighted by molar-refractivity contribution is 4.73. The first-order valence-corrected chi connectivity index (χ1v) is 6.27. The first kappa shape index (κ1) is 19.3. The Morgan fingerprint density at radius 3 is 0.864 bits per heavy atom. The van der Waals surface area contributed by atoms with Crippen LogP contribution in [0, 0.1) is 0 Å². The molecule has 0 radical (unpaired) electrons. The predicted octanol–water partition coefficient (Wildman–Crippen LogP) is 2.86. The average molecular weight is 347 g/mol. The van der Waals surface area contributed by atoms with Crippen molar-refractivity contribution in [1.82, 2.24) is 14.7 Å². The van der Waals surface area contributed by atoms with Crippen LogP contribution in [0.15, 0.2) is 0 Å².